The summed E-state index contributed by atoms with van der Waals surface area (Å²) < 4.78 is 16.6. The Labute approximate surface area is 179 Å². The van der Waals surface area contributed by atoms with Gasteiger partial charge in [0.1, 0.15) is 40.8 Å². The van der Waals surface area contributed by atoms with Crippen LogP contribution in [0.25, 0.3) is 22.3 Å². The smallest absolute Gasteiger partial charge is 0.239 e. The second kappa shape index (κ2) is 7.88. The van der Waals surface area contributed by atoms with Crippen molar-refractivity contribution < 1.29 is 49.6 Å². The predicted molar refractivity (Wildman–Crippen MR) is 108 cm³/mol. The molecule has 1 aromatic heterocycles. The maximum atomic E-state index is 13.2. The van der Waals surface area contributed by atoms with E-state index in [1.807, 2.05) is 0 Å². The molecular weight excluding hydrogens is 428 g/mol. The van der Waals surface area contributed by atoms with Gasteiger partial charge in [0.05, 0.1) is 6.10 Å². The van der Waals surface area contributed by atoms with E-state index in [-0.39, 0.29) is 28.0 Å². The molecule has 3 aromatic rings. The minimum Gasteiger partial charge on any atom is -0.508 e. The van der Waals surface area contributed by atoms with Crippen LogP contribution in [0.15, 0.2) is 39.5 Å². The van der Waals surface area contributed by atoms with Gasteiger partial charge < -0.3 is 49.6 Å². The molecule has 32 heavy (non-hydrogen) atoms. The molecule has 11 heteroatoms. The maximum absolute atomic E-state index is 13.2. The first-order chi connectivity index (χ1) is 15.1. The fourth-order valence-electron chi connectivity index (χ4n) is 3.46. The van der Waals surface area contributed by atoms with E-state index in [9.17, 15) is 40.5 Å². The maximum Gasteiger partial charge on any atom is 0.239 e. The Kier molecular flexibility index (Phi) is 5.34. The van der Waals surface area contributed by atoms with Crippen LogP contribution < -0.4 is 10.2 Å². The Balaban J connectivity index is 1.92. The summed E-state index contributed by atoms with van der Waals surface area (Å²) in [5.74, 6) is -2.80. The molecule has 1 aliphatic heterocycles. The van der Waals surface area contributed by atoms with Crippen LogP contribution in [-0.4, -0.2) is 66.5 Å². The number of phenolic OH excluding ortho intramolecular Hbond substituents is 4. The molecular formula is C21H20O11. The molecule has 4 rings (SSSR count). The molecule has 7 N–H and O–H groups in total. The van der Waals surface area contributed by atoms with Crippen LogP contribution in [-0.2, 0) is 4.74 Å². The summed E-state index contributed by atoms with van der Waals surface area (Å²) in [7, 11) is 0. The SMILES string of the molecule is C[C@@H]1O[C@H](Oc2c(-c3ccc(O)c(O)c3)oc3cc(O)cc(O)c3c2=O)[C@H](O)[C@H](O)[C@@H]1O. The van der Waals surface area contributed by atoms with Crippen LogP contribution in [0.4, 0.5) is 0 Å². The molecule has 2 heterocycles. The summed E-state index contributed by atoms with van der Waals surface area (Å²) in [6.07, 6.45) is -7.35. The van der Waals surface area contributed by atoms with Crippen molar-refractivity contribution in [2.24, 2.45) is 0 Å². The van der Waals surface area contributed by atoms with Gasteiger partial charge in [-0.3, -0.25) is 4.79 Å². The summed E-state index contributed by atoms with van der Waals surface area (Å²) in [5.41, 5.74) is -1.05. The van der Waals surface area contributed by atoms with Gasteiger partial charge >= 0.3 is 0 Å². The van der Waals surface area contributed by atoms with Crippen molar-refractivity contribution in [3.63, 3.8) is 0 Å². The lowest BCUT2D eigenvalue weighted by atomic mass is 10.00. The van der Waals surface area contributed by atoms with Gasteiger partial charge in [-0.05, 0) is 25.1 Å². The van der Waals surface area contributed by atoms with Crippen molar-refractivity contribution in [3.8, 4) is 40.1 Å². The first kappa shape index (κ1) is 21.7. The molecule has 170 valence electrons. The van der Waals surface area contributed by atoms with Gasteiger partial charge in [0.25, 0.3) is 0 Å². The number of aliphatic hydroxyl groups is 3. The highest BCUT2D eigenvalue weighted by Gasteiger charge is 2.44. The molecule has 0 radical (unpaired) electrons. The second-order valence-corrected chi connectivity index (χ2v) is 7.43. The highest BCUT2D eigenvalue weighted by molar-refractivity contribution is 5.88. The fraction of sp³-hybridized carbons (Fsp3) is 0.286. The average molecular weight is 448 g/mol. The molecule has 1 aliphatic rings. The monoisotopic (exact) mass is 448 g/mol. The standard InChI is InChI=1S/C21H20O11/c1-7-15(26)17(28)18(29)21(30-7)32-20-16(27)14-12(25)5-9(22)6-13(14)31-19(20)8-2-3-10(23)11(24)4-8/h2-7,15,17-18,21-26,28-29H,1H3/t7-,15+,17+,18+,21+/m0/s1. The van der Waals surface area contributed by atoms with Gasteiger partial charge in [-0.2, -0.15) is 0 Å². The Bertz CT molecular complexity index is 1230. The van der Waals surface area contributed by atoms with E-state index < -0.39 is 59.1 Å². The van der Waals surface area contributed by atoms with Crippen molar-refractivity contribution in [2.75, 3.05) is 0 Å². The summed E-state index contributed by atoms with van der Waals surface area (Å²) in [4.78, 5) is 13.2. The molecule has 0 bridgehead atoms. The van der Waals surface area contributed by atoms with Crippen molar-refractivity contribution in [1.82, 2.24) is 0 Å². The first-order valence-corrected chi connectivity index (χ1v) is 9.50. The summed E-state index contributed by atoms with van der Waals surface area (Å²) in [6.45, 7) is 1.42. The number of phenols is 4. The van der Waals surface area contributed by atoms with Crippen LogP contribution in [0.1, 0.15) is 6.92 Å². The zero-order valence-corrected chi connectivity index (χ0v) is 16.5. The Morgan fingerprint density at radius 3 is 2.28 bits per heavy atom. The molecule has 11 nitrogen and oxygen atoms in total. The highest BCUT2D eigenvalue weighted by Crippen LogP contribution is 2.39. The second-order valence-electron chi connectivity index (χ2n) is 7.43. The quantitative estimate of drug-likeness (QED) is 0.276. The normalized spacial score (nSPS) is 25.7. The van der Waals surface area contributed by atoms with Crippen LogP contribution >= 0.6 is 0 Å². The lowest BCUT2D eigenvalue weighted by Gasteiger charge is -2.38. The molecule has 5 atom stereocenters. The lowest BCUT2D eigenvalue weighted by Crippen LogP contribution is -2.58. The van der Waals surface area contributed by atoms with E-state index in [1.165, 1.54) is 13.0 Å². The minimum absolute atomic E-state index is 0.0658. The lowest BCUT2D eigenvalue weighted by molar-refractivity contribution is -0.268. The van der Waals surface area contributed by atoms with E-state index in [4.69, 9.17) is 13.9 Å². The molecule has 2 aromatic carbocycles. The van der Waals surface area contributed by atoms with E-state index in [2.05, 4.69) is 0 Å². The zero-order chi connectivity index (χ0) is 23.3. The third kappa shape index (κ3) is 3.56. The van der Waals surface area contributed by atoms with Crippen molar-refractivity contribution in [3.05, 3.63) is 40.6 Å². The number of benzene rings is 2. The Morgan fingerprint density at radius 1 is 0.875 bits per heavy atom. The van der Waals surface area contributed by atoms with Gasteiger partial charge in [-0.25, -0.2) is 0 Å². The topological polar surface area (TPSA) is 190 Å². The molecule has 0 saturated carbocycles. The van der Waals surface area contributed by atoms with E-state index >= 15 is 0 Å². The minimum atomic E-state index is -1.74. The van der Waals surface area contributed by atoms with Crippen LogP contribution in [0.3, 0.4) is 0 Å². The molecule has 0 aliphatic carbocycles. The van der Waals surface area contributed by atoms with Gasteiger partial charge in [-0.1, -0.05) is 0 Å². The van der Waals surface area contributed by atoms with Crippen molar-refractivity contribution >= 4 is 11.0 Å². The van der Waals surface area contributed by atoms with E-state index in [0.29, 0.717) is 0 Å². The van der Waals surface area contributed by atoms with Gasteiger partial charge in [0.15, 0.2) is 17.3 Å². The number of hydrogen-bond donors (Lipinski definition) is 7. The number of aromatic hydroxyl groups is 4. The fourth-order valence-corrected chi connectivity index (χ4v) is 3.46. The number of aliphatic hydroxyl groups excluding tert-OH is 3. The van der Waals surface area contributed by atoms with Gasteiger partial charge in [0, 0.05) is 17.7 Å². The van der Waals surface area contributed by atoms with Crippen molar-refractivity contribution in [2.45, 2.75) is 37.6 Å². The molecule has 0 unspecified atom stereocenters. The van der Waals surface area contributed by atoms with Gasteiger partial charge in [0.2, 0.25) is 17.5 Å². The van der Waals surface area contributed by atoms with E-state index in [1.54, 1.807) is 0 Å². The number of fused-ring (bicyclic) bond motifs is 1. The number of ether oxygens (including phenoxy) is 2. The predicted octanol–water partition coefficient (Wildman–Crippen LogP) is 0.489. The highest BCUT2D eigenvalue weighted by atomic mass is 16.7. The van der Waals surface area contributed by atoms with Crippen LogP contribution in [0, 0.1) is 0 Å². The number of hydrogen-bond acceptors (Lipinski definition) is 11. The molecule has 1 saturated heterocycles. The summed E-state index contributed by atoms with van der Waals surface area (Å²) in [6, 6.07) is 5.51. The summed E-state index contributed by atoms with van der Waals surface area (Å²) in [5, 5.41) is 69.2. The van der Waals surface area contributed by atoms with Crippen molar-refractivity contribution in [1.29, 1.82) is 0 Å². The largest absolute Gasteiger partial charge is 0.508 e. The van der Waals surface area contributed by atoms with E-state index in [0.717, 1.165) is 24.3 Å². The molecule has 0 spiro atoms. The van der Waals surface area contributed by atoms with Crippen LogP contribution in [0.2, 0.25) is 0 Å². The first-order valence-electron chi connectivity index (χ1n) is 9.50. The third-order valence-electron chi connectivity index (χ3n) is 5.20. The average Bonchev–Trinajstić information content (AvgIpc) is 2.73. The molecule has 0 amide bonds. The van der Waals surface area contributed by atoms with Crippen LogP contribution in [0.5, 0.6) is 28.7 Å². The number of rotatable bonds is 3. The zero-order valence-electron chi connectivity index (χ0n) is 16.5. The third-order valence-corrected chi connectivity index (χ3v) is 5.20. The van der Waals surface area contributed by atoms with Gasteiger partial charge in [-0.15, -0.1) is 0 Å². The molecule has 1 fully saturated rings. The summed E-state index contributed by atoms with van der Waals surface area (Å²) >= 11 is 0. The Hall–Kier alpha value is -3.51. The Morgan fingerprint density at radius 2 is 1.59 bits per heavy atom.